The van der Waals surface area contributed by atoms with E-state index in [1.165, 1.54) is 24.9 Å². The fraction of sp³-hybridized carbons (Fsp3) is 0.118. The van der Waals surface area contributed by atoms with E-state index < -0.39 is 0 Å². The van der Waals surface area contributed by atoms with Gasteiger partial charge in [0.25, 0.3) is 11.8 Å². The number of carbonyl (C=O) groups excluding carboxylic acids is 3. The molecule has 0 saturated carbocycles. The molecule has 0 aliphatic carbocycles. The van der Waals surface area contributed by atoms with Gasteiger partial charge in [-0.15, -0.1) is 11.8 Å². The van der Waals surface area contributed by atoms with Crippen LogP contribution in [0, 0.1) is 0 Å². The lowest BCUT2D eigenvalue weighted by Gasteiger charge is -2.17. The van der Waals surface area contributed by atoms with Crippen molar-refractivity contribution in [3.8, 4) is 0 Å². The molecule has 3 amide bonds. The van der Waals surface area contributed by atoms with Gasteiger partial charge in [0.05, 0.1) is 22.0 Å². The minimum atomic E-state index is -0.349. The van der Waals surface area contributed by atoms with E-state index in [1.54, 1.807) is 30.3 Å². The number of carbonyl (C=O) groups is 3. The molecule has 0 atom stereocenters. The van der Waals surface area contributed by atoms with Gasteiger partial charge >= 0.3 is 0 Å². The van der Waals surface area contributed by atoms with Crippen molar-refractivity contribution < 1.29 is 14.4 Å². The maximum absolute atomic E-state index is 12.5. The summed E-state index contributed by atoms with van der Waals surface area (Å²) in [5.41, 5.74) is 1.74. The predicted octanol–water partition coefficient (Wildman–Crippen LogP) is 3.00. The van der Waals surface area contributed by atoms with Gasteiger partial charge in [0.2, 0.25) is 5.91 Å². The van der Waals surface area contributed by atoms with Crippen molar-refractivity contribution in [1.29, 1.82) is 0 Å². The van der Waals surface area contributed by atoms with E-state index in [0.29, 0.717) is 27.7 Å². The smallest absolute Gasteiger partial charge is 0.255 e. The van der Waals surface area contributed by atoms with Crippen LogP contribution in [0.4, 0.5) is 11.4 Å². The molecule has 2 aromatic carbocycles. The Morgan fingerprint density at radius 1 is 1.16 bits per heavy atom. The molecule has 0 radical (unpaired) electrons. The maximum atomic E-state index is 12.5. The summed E-state index contributed by atoms with van der Waals surface area (Å²) in [6, 6.07) is 9.79. The minimum Gasteiger partial charge on any atom is -0.355 e. The number of benzene rings is 2. The summed E-state index contributed by atoms with van der Waals surface area (Å²) in [7, 11) is 1.50. The van der Waals surface area contributed by atoms with Crippen LogP contribution in [0.2, 0.25) is 5.02 Å². The molecule has 1 aliphatic rings. The number of hydrogen-bond acceptors (Lipinski definition) is 4. The third-order valence-electron chi connectivity index (χ3n) is 3.57. The van der Waals surface area contributed by atoms with Crippen LogP contribution < -0.4 is 16.0 Å². The van der Waals surface area contributed by atoms with Crippen LogP contribution >= 0.6 is 23.4 Å². The number of fused-ring (bicyclic) bond motifs is 1. The fourth-order valence-electron chi connectivity index (χ4n) is 2.34. The van der Waals surface area contributed by atoms with Crippen molar-refractivity contribution in [1.82, 2.24) is 5.32 Å². The summed E-state index contributed by atoms with van der Waals surface area (Å²) in [4.78, 5) is 36.6. The summed E-state index contributed by atoms with van der Waals surface area (Å²) in [5.74, 6) is -0.415. The molecule has 6 nitrogen and oxygen atoms in total. The van der Waals surface area contributed by atoms with Crippen molar-refractivity contribution in [2.75, 3.05) is 23.4 Å². The van der Waals surface area contributed by atoms with Crippen molar-refractivity contribution in [2.45, 2.75) is 4.90 Å². The third kappa shape index (κ3) is 3.78. The first-order valence-corrected chi connectivity index (χ1v) is 8.74. The van der Waals surface area contributed by atoms with Gasteiger partial charge in [0.15, 0.2) is 0 Å². The second-order valence-corrected chi connectivity index (χ2v) is 6.70. The Bertz CT molecular complexity index is 885. The summed E-state index contributed by atoms with van der Waals surface area (Å²) in [6.07, 6.45) is 0. The van der Waals surface area contributed by atoms with E-state index in [9.17, 15) is 14.4 Å². The lowest BCUT2D eigenvalue weighted by molar-refractivity contribution is -0.113. The van der Waals surface area contributed by atoms with Gasteiger partial charge in [0, 0.05) is 23.2 Å². The molecule has 0 spiro atoms. The Hall–Kier alpha value is -2.51. The standard InChI is InChI=1S/C17H14ClN3O3S/c1-19-17(24)11-7-10(3-4-12(11)18)20-16(23)9-2-5-14-13(6-9)21-15(22)8-25-14/h2-7H,8H2,1H3,(H,19,24)(H,20,23)(H,21,22). The third-order valence-corrected chi connectivity index (χ3v) is 4.97. The SMILES string of the molecule is CNC(=O)c1cc(NC(=O)c2ccc3c(c2)NC(=O)CS3)ccc1Cl. The van der Waals surface area contributed by atoms with Crippen molar-refractivity contribution in [2.24, 2.45) is 0 Å². The highest BCUT2D eigenvalue weighted by Crippen LogP contribution is 2.32. The normalized spacial score (nSPS) is 12.8. The molecule has 25 heavy (non-hydrogen) atoms. The maximum Gasteiger partial charge on any atom is 0.255 e. The van der Waals surface area contributed by atoms with E-state index in [-0.39, 0.29) is 23.3 Å². The van der Waals surface area contributed by atoms with Gasteiger partial charge in [-0.05, 0) is 36.4 Å². The average molecular weight is 376 g/mol. The summed E-state index contributed by atoms with van der Waals surface area (Å²) in [5, 5.41) is 8.26. The van der Waals surface area contributed by atoms with Crippen LogP contribution in [0.5, 0.6) is 0 Å². The molecule has 0 aromatic heterocycles. The fourth-order valence-corrected chi connectivity index (χ4v) is 3.33. The molecule has 3 rings (SSSR count). The van der Waals surface area contributed by atoms with Crippen molar-refractivity contribution in [3.05, 3.63) is 52.5 Å². The summed E-state index contributed by atoms with van der Waals surface area (Å²) >= 11 is 7.43. The Morgan fingerprint density at radius 2 is 1.96 bits per heavy atom. The second-order valence-electron chi connectivity index (χ2n) is 5.28. The first kappa shape index (κ1) is 17.3. The van der Waals surface area contributed by atoms with Crippen LogP contribution in [0.15, 0.2) is 41.3 Å². The van der Waals surface area contributed by atoms with Crippen LogP contribution in [-0.2, 0) is 4.79 Å². The van der Waals surface area contributed by atoms with Crippen LogP contribution in [-0.4, -0.2) is 30.5 Å². The monoisotopic (exact) mass is 375 g/mol. The zero-order chi connectivity index (χ0) is 18.0. The quantitative estimate of drug-likeness (QED) is 0.769. The molecule has 2 aromatic rings. The van der Waals surface area contributed by atoms with Gasteiger partial charge in [0.1, 0.15) is 0 Å². The topological polar surface area (TPSA) is 87.3 Å². The van der Waals surface area contributed by atoms with Gasteiger partial charge in [-0.25, -0.2) is 0 Å². The molecule has 0 unspecified atom stereocenters. The van der Waals surface area contributed by atoms with Crippen molar-refractivity contribution in [3.63, 3.8) is 0 Å². The molecule has 128 valence electrons. The number of nitrogens with one attached hydrogen (secondary N) is 3. The van der Waals surface area contributed by atoms with Crippen molar-refractivity contribution >= 4 is 52.5 Å². The van der Waals surface area contributed by atoms with Gasteiger partial charge in [-0.2, -0.15) is 0 Å². The van der Waals surface area contributed by atoms with E-state index >= 15 is 0 Å². The number of rotatable bonds is 3. The Morgan fingerprint density at radius 3 is 2.72 bits per heavy atom. The summed E-state index contributed by atoms with van der Waals surface area (Å²) in [6.45, 7) is 0. The number of amides is 3. The molecule has 3 N–H and O–H groups in total. The Labute approximate surface area is 153 Å². The zero-order valence-electron chi connectivity index (χ0n) is 13.2. The molecule has 0 bridgehead atoms. The Balaban J connectivity index is 1.82. The van der Waals surface area contributed by atoms with E-state index in [2.05, 4.69) is 16.0 Å². The highest BCUT2D eigenvalue weighted by Gasteiger charge is 2.18. The van der Waals surface area contributed by atoms with Crippen LogP contribution in [0.25, 0.3) is 0 Å². The molecule has 0 fully saturated rings. The second kappa shape index (κ2) is 7.16. The van der Waals surface area contributed by atoms with Crippen LogP contribution in [0.1, 0.15) is 20.7 Å². The number of thioether (sulfide) groups is 1. The van der Waals surface area contributed by atoms with E-state index in [4.69, 9.17) is 11.6 Å². The highest BCUT2D eigenvalue weighted by atomic mass is 35.5. The predicted molar refractivity (Wildman–Crippen MR) is 98.6 cm³/mol. The molecule has 0 saturated heterocycles. The van der Waals surface area contributed by atoms with E-state index in [1.807, 2.05) is 0 Å². The number of anilines is 2. The molecule has 1 aliphatic heterocycles. The largest absolute Gasteiger partial charge is 0.355 e. The number of halogens is 1. The zero-order valence-corrected chi connectivity index (χ0v) is 14.8. The average Bonchev–Trinajstić information content (AvgIpc) is 2.61. The summed E-state index contributed by atoms with van der Waals surface area (Å²) < 4.78 is 0. The first-order valence-electron chi connectivity index (χ1n) is 7.37. The molecular weight excluding hydrogens is 362 g/mol. The van der Waals surface area contributed by atoms with E-state index in [0.717, 1.165) is 4.90 Å². The van der Waals surface area contributed by atoms with Gasteiger partial charge in [-0.3, -0.25) is 14.4 Å². The van der Waals surface area contributed by atoms with Gasteiger partial charge in [-0.1, -0.05) is 11.6 Å². The number of hydrogen-bond donors (Lipinski definition) is 3. The highest BCUT2D eigenvalue weighted by molar-refractivity contribution is 8.00. The Kier molecular flexibility index (Phi) is 4.96. The minimum absolute atomic E-state index is 0.0945. The lowest BCUT2D eigenvalue weighted by atomic mass is 10.1. The van der Waals surface area contributed by atoms with Gasteiger partial charge < -0.3 is 16.0 Å². The lowest BCUT2D eigenvalue weighted by Crippen LogP contribution is -2.20. The molecule has 8 heteroatoms. The van der Waals surface area contributed by atoms with Crippen LogP contribution in [0.3, 0.4) is 0 Å². The molecular formula is C17H14ClN3O3S. The molecule has 1 heterocycles. The first-order chi connectivity index (χ1) is 12.0.